The van der Waals surface area contributed by atoms with E-state index >= 15 is 0 Å². The number of nitrogens with zero attached hydrogens (tertiary/aromatic N) is 1. The molecular formula is C10H17F2N. The summed E-state index contributed by atoms with van der Waals surface area (Å²) in [6.45, 7) is 8.81. The molecule has 0 spiro atoms. The average molecular weight is 189 g/mol. The Morgan fingerprint density at radius 3 is 2.69 bits per heavy atom. The normalized spacial score (nSPS) is 28.8. The number of rotatable bonds is 2. The highest BCUT2D eigenvalue weighted by atomic mass is 19.3. The van der Waals surface area contributed by atoms with Crippen LogP contribution >= 0.6 is 0 Å². The summed E-state index contributed by atoms with van der Waals surface area (Å²) in [4.78, 5) is 2.07. The van der Waals surface area contributed by atoms with Gasteiger partial charge in [0.1, 0.15) is 0 Å². The highest BCUT2D eigenvalue weighted by Gasteiger charge is 2.37. The van der Waals surface area contributed by atoms with Crippen LogP contribution in [0.1, 0.15) is 26.7 Å². The molecular weight excluding hydrogens is 172 g/mol. The van der Waals surface area contributed by atoms with Crippen molar-refractivity contribution in [2.45, 2.75) is 38.7 Å². The number of hydrogen-bond donors (Lipinski definition) is 0. The summed E-state index contributed by atoms with van der Waals surface area (Å²) in [5, 5.41) is 0. The van der Waals surface area contributed by atoms with Gasteiger partial charge < -0.3 is 0 Å². The van der Waals surface area contributed by atoms with E-state index in [1.54, 1.807) is 0 Å². The van der Waals surface area contributed by atoms with Crippen molar-refractivity contribution in [1.82, 2.24) is 4.90 Å². The molecule has 0 aromatic carbocycles. The number of hydrogen-bond acceptors (Lipinski definition) is 1. The lowest BCUT2D eigenvalue weighted by Gasteiger charge is -2.37. The Hall–Kier alpha value is -0.440. The van der Waals surface area contributed by atoms with Gasteiger partial charge >= 0.3 is 0 Å². The lowest BCUT2D eigenvalue weighted by molar-refractivity contribution is -0.0724. The van der Waals surface area contributed by atoms with Gasteiger partial charge in [-0.15, -0.1) is 0 Å². The Morgan fingerprint density at radius 2 is 2.23 bits per heavy atom. The lowest BCUT2D eigenvalue weighted by atomic mass is 9.99. The van der Waals surface area contributed by atoms with Gasteiger partial charge in [-0.2, -0.15) is 0 Å². The maximum atomic E-state index is 12.9. The van der Waals surface area contributed by atoms with Crippen LogP contribution in [0.3, 0.4) is 0 Å². The van der Waals surface area contributed by atoms with Crippen LogP contribution < -0.4 is 0 Å². The first-order valence-corrected chi connectivity index (χ1v) is 4.67. The van der Waals surface area contributed by atoms with E-state index in [2.05, 4.69) is 11.5 Å². The summed E-state index contributed by atoms with van der Waals surface area (Å²) in [5.41, 5.74) is 1.04. The van der Waals surface area contributed by atoms with E-state index in [0.717, 1.165) is 12.1 Å². The second-order valence-electron chi connectivity index (χ2n) is 4.09. The molecule has 0 bridgehead atoms. The van der Waals surface area contributed by atoms with E-state index in [1.807, 2.05) is 13.8 Å². The molecule has 1 atom stereocenters. The summed E-state index contributed by atoms with van der Waals surface area (Å²) in [5.74, 6) is -2.45. The van der Waals surface area contributed by atoms with Crippen molar-refractivity contribution >= 4 is 0 Å². The third-order valence-electron chi connectivity index (χ3n) is 2.46. The van der Waals surface area contributed by atoms with Gasteiger partial charge in [-0.25, -0.2) is 8.78 Å². The molecule has 1 saturated heterocycles. The molecule has 0 amide bonds. The average Bonchev–Trinajstić information content (AvgIpc) is 1.93. The first-order valence-electron chi connectivity index (χ1n) is 4.67. The molecule has 0 radical (unpaired) electrons. The molecule has 1 nitrogen and oxygen atoms in total. The molecule has 1 heterocycles. The summed E-state index contributed by atoms with van der Waals surface area (Å²) < 4.78 is 25.8. The molecule has 1 aliphatic rings. The van der Waals surface area contributed by atoms with Gasteiger partial charge in [-0.05, 0) is 13.8 Å². The maximum Gasteiger partial charge on any atom is 0.250 e. The Morgan fingerprint density at radius 1 is 1.62 bits per heavy atom. The molecule has 0 N–H and O–H groups in total. The van der Waals surface area contributed by atoms with Gasteiger partial charge in [0.05, 0.1) is 0 Å². The Kier molecular flexibility index (Phi) is 3.06. The SMILES string of the molecule is C=C(C)CN1CCC(F)(F)CC1C. The second kappa shape index (κ2) is 3.74. The molecule has 0 saturated carbocycles. The Labute approximate surface area is 78.4 Å². The van der Waals surface area contributed by atoms with Crippen molar-refractivity contribution in [2.24, 2.45) is 0 Å². The van der Waals surface area contributed by atoms with Crippen LogP contribution in [-0.4, -0.2) is 30.0 Å². The van der Waals surface area contributed by atoms with E-state index in [1.165, 1.54) is 0 Å². The zero-order chi connectivity index (χ0) is 10.1. The molecule has 13 heavy (non-hydrogen) atoms. The number of piperidine rings is 1. The van der Waals surface area contributed by atoms with E-state index in [4.69, 9.17) is 0 Å². The smallest absolute Gasteiger partial charge is 0.250 e. The minimum absolute atomic E-state index is 0.00931. The molecule has 3 heteroatoms. The quantitative estimate of drug-likeness (QED) is 0.604. The summed E-state index contributed by atoms with van der Waals surface area (Å²) >= 11 is 0. The zero-order valence-electron chi connectivity index (χ0n) is 8.32. The number of likely N-dealkylation sites (tertiary alicyclic amines) is 1. The third-order valence-corrected chi connectivity index (χ3v) is 2.46. The van der Waals surface area contributed by atoms with Gasteiger partial charge in [-0.1, -0.05) is 12.2 Å². The van der Waals surface area contributed by atoms with Crippen molar-refractivity contribution in [1.29, 1.82) is 0 Å². The van der Waals surface area contributed by atoms with E-state index in [0.29, 0.717) is 6.54 Å². The van der Waals surface area contributed by atoms with Crippen LogP contribution in [0.15, 0.2) is 12.2 Å². The highest BCUT2D eigenvalue weighted by molar-refractivity contribution is 4.95. The molecule has 0 aromatic heterocycles. The van der Waals surface area contributed by atoms with E-state index in [-0.39, 0.29) is 18.9 Å². The fourth-order valence-corrected chi connectivity index (χ4v) is 1.77. The Balaban J connectivity index is 2.49. The maximum absolute atomic E-state index is 12.9. The van der Waals surface area contributed by atoms with Crippen LogP contribution in [0, 0.1) is 0 Å². The van der Waals surface area contributed by atoms with Gasteiger partial charge in [0.2, 0.25) is 0 Å². The lowest BCUT2D eigenvalue weighted by Crippen LogP contribution is -2.45. The van der Waals surface area contributed by atoms with Crippen LogP contribution in [0.2, 0.25) is 0 Å². The molecule has 1 fully saturated rings. The monoisotopic (exact) mass is 189 g/mol. The largest absolute Gasteiger partial charge is 0.296 e. The molecule has 0 aliphatic carbocycles. The summed E-state index contributed by atoms with van der Waals surface area (Å²) in [6.07, 6.45) is -0.0229. The van der Waals surface area contributed by atoms with Crippen molar-refractivity contribution in [3.63, 3.8) is 0 Å². The van der Waals surface area contributed by atoms with Gasteiger partial charge in [-0.3, -0.25) is 4.90 Å². The van der Waals surface area contributed by atoms with Crippen molar-refractivity contribution < 1.29 is 8.78 Å². The van der Waals surface area contributed by atoms with Crippen LogP contribution in [0.25, 0.3) is 0 Å². The van der Waals surface area contributed by atoms with Gasteiger partial charge in [0.25, 0.3) is 5.92 Å². The molecule has 0 aromatic rings. The minimum Gasteiger partial charge on any atom is -0.296 e. The zero-order valence-corrected chi connectivity index (χ0v) is 8.32. The second-order valence-corrected chi connectivity index (χ2v) is 4.09. The standard InChI is InChI=1S/C10H17F2N/c1-8(2)7-13-5-4-10(11,12)6-9(13)3/h9H,1,4-7H2,2-3H3. The topological polar surface area (TPSA) is 3.24 Å². The number of halogens is 2. The van der Waals surface area contributed by atoms with Crippen LogP contribution in [0.4, 0.5) is 8.78 Å². The van der Waals surface area contributed by atoms with Crippen molar-refractivity contribution in [3.8, 4) is 0 Å². The first-order chi connectivity index (χ1) is 5.91. The molecule has 1 unspecified atom stereocenters. The fourth-order valence-electron chi connectivity index (χ4n) is 1.77. The molecule has 1 aliphatic heterocycles. The molecule has 1 rings (SSSR count). The summed E-state index contributed by atoms with van der Waals surface area (Å²) in [6, 6.07) is -0.0274. The van der Waals surface area contributed by atoms with Crippen LogP contribution in [-0.2, 0) is 0 Å². The molecule has 76 valence electrons. The third kappa shape index (κ3) is 3.07. The predicted molar refractivity (Wildman–Crippen MR) is 50.0 cm³/mol. The number of alkyl halides is 2. The van der Waals surface area contributed by atoms with E-state index in [9.17, 15) is 8.78 Å². The summed E-state index contributed by atoms with van der Waals surface area (Å²) in [7, 11) is 0. The van der Waals surface area contributed by atoms with Crippen molar-refractivity contribution in [2.75, 3.05) is 13.1 Å². The minimum atomic E-state index is -2.45. The predicted octanol–water partition coefficient (Wildman–Crippen LogP) is 2.68. The van der Waals surface area contributed by atoms with E-state index < -0.39 is 5.92 Å². The van der Waals surface area contributed by atoms with Crippen molar-refractivity contribution in [3.05, 3.63) is 12.2 Å². The van der Waals surface area contributed by atoms with Gasteiger partial charge in [0.15, 0.2) is 0 Å². The first kappa shape index (κ1) is 10.6. The Bertz CT molecular complexity index is 201. The van der Waals surface area contributed by atoms with Gasteiger partial charge in [0, 0.05) is 32.0 Å². The highest BCUT2D eigenvalue weighted by Crippen LogP contribution is 2.31. The van der Waals surface area contributed by atoms with Crippen LogP contribution in [0.5, 0.6) is 0 Å². The fraction of sp³-hybridized carbons (Fsp3) is 0.800.